The van der Waals surface area contributed by atoms with Gasteiger partial charge in [0, 0.05) is 20.1 Å². The number of carbonyl (C=O) groups is 1. The molecule has 0 aromatic heterocycles. The fourth-order valence-electron chi connectivity index (χ4n) is 2.01. The summed E-state index contributed by atoms with van der Waals surface area (Å²) in [6.07, 6.45) is -0.256. The molecule has 5 nitrogen and oxygen atoms in total. The van der Waals surface area contributed by atoms with Crippen LogP contribution in [-0.2, 0) is 9.16 Å². The summed E-state index contributed by atoms with van der Waals surface area (Å²) in [5.41, 5.74) is 0. The van der Waals surface area contributed by atoms with Crippen LogP contribution in [0.1, 0.15) is 27.2 Å². The van der Waals surface area contributed by atoms with Crippen molar-refractivity contribution in [3.8, 4) is 0 Å². The SMILES string of the molecule is COC1CC(O[Si](C)(C)C(C)(C)C)CN(C(=O)O)C1. The van der Waals surface area contributed by atoms with Gasteiger partial charge in [0.25, 0.3) is 0 Å². The van der Waals surface area contributed by atoms with Crippen molar-refractivity contribution in [2.24, 2.45) is 0 Å². The number of nitrogens with zero attached hydrogens (tertiary/aromatic N) is 1. The molecule has 1 rings (SSSR count). The summed E-state index contributed by atoms with van der Waals surface area (Å²) in [6, 6.07) is 0. The average Bonchev–Trinajstić information content (AvgIpc) is 2.26. The fourth-order valence-corrected chi connectivity index (χ4v) is 3.37. The van der Waals surface area contributed by atoms with Crippen molar-refractivity contribution < 1.29 is 19.1 Å². The topological polar surface area (TPSA) is 59.0 Å². The van der Waals surface area contributed by atoms with Gasteiger partial charge >= 0.3 is 6.09 Å². The highest BCUT2D eigenvalue weighted by molar-refractivity contribution is 6.74. The Labute approximate surface area is 117 Å². The van der Waals surface area contributed by atoms with E-state index in [1.54, 1.807) is 7.11 Å². The van der Waals surface area contributed by atoms with E-state index in [-0.39, 0.29) is 17.2 Å². The van der Waals surface area contributed by atoms with Crippen LogP contribution >= 0.6 is 0 Å². The summed E-state index contributed by atoms with van der Waals surface area (Å²) < 4.78 is 11.6. The number of carboxylic acid groups (broad SMARTS) is 1. The second kappa shape index (κ2) is 5.81. The third-order valence-electron chi connectivity index (χ3n) is 4.25. The third kappa shape index (κ3) is 4.19. The van der Waals surface area contributed by atoms with Gasteiger partial charge in [-0.2, -0.15) is 0 Å². The van der Waals surface area contributed by atoms with Crippen molar-refractivity contribution in [2.75, 3.05) is 20.2 Å². The van der Waals surface area contributed by atoms with Crippen molar-refractivity contribution in [1.82, 2.24) is 4.90 Å². The molecule has 2 atom stereocenters. The van der Waals surface area contributed by atoms with Crippen molar-refractivity contribution in [3.05, 3.63) is 0 Å². The van der Waals surface area contributed by atoms with Gasteiger partial charge in [0.2, 0.25) is 0 Å². The largest absolute Gasteiger partial charge is 0.465 e. The zero-order chi connectivity index (χ0) is 14.8. The predicted molar refractivity (Wildman–Crippen MR) is 77.1 cm³/mol. The summed E-state index contributed by atoms with van der Waals surface area (Å²) in [5.74, 6) is 0. The molecule has 0 aromatic rings. The number of piperidine rings is 1. The van der Waals surface area contributed by atoms with Gasteiger partial charge in [-0.05, 0) is 18.1 Å². The van der Waals surface area contributed by atoms with Crippen molar-refractivity contribution in [1.29, 1.82) is 0 Å². The minimum Gasteiger partial charge on any atom is -0.465 e. The molecule has 6 heteroatoms. The molecule has 1 aliphatic heterocycles. The lowest BCUT2D eigenvalue weighted by Gasteiger charge is -2.43. The standard InChI is InChI=1S/C13H27NO4Si/c1-13(2,3)19(5,6)18-11-7-10(17-4)8-14(9-11)12(15)16/h10-11H,7-9H2,1-6H3,(H,15,16). The number of rotatable bonds is 3. The van der Waals surface area contributed by atoms with Gasteiger partial charge in [-0.15, -0.1) is 0 Å². The van der Waals surface area contributed by atoms with Crippen LogP contribution in [0.3, 0.4) is 0 Å². The van der Waals surface area contributed by atoms with E-state index in [1.165, 1.54) is 4.90 Å². The van der Waals surface area contributed by atoms with Gasteiger partial charge in [0.05, 0.1) is 18.8 Å². The van der Waals surface area contributed by atoms with E-state index in [1.807, 2.05) is 0 Å². The molecular weight excluding hydrogens is 262 g/mol. The van der Waals surface area contributed by atoms with E-state index in [4.69, 9.17) is 14.3 Å². The Morgan fingerprint density at radius 2 is 1.79 bits per heavy atom. The molecule has 0 radical (unpaired) electrons. The lowest BCUT2D eigenvalue weighted by molar-refractivity contribution is -0.0184. The first kappa shape index (κ1) is 16.5. The molecule has 0 aromatic carbocycles. The van der Waals surface area contributed by atoms with Crippen LogP contribution in [0.2, 0.25) is 18.1 Å². The normalized spacial score (nSPS) is 25.5. The molecule has 1 aliphatic rings. The molecule has 0 saturated carbocycles. The summed E-state index contributed by atoms with van der Waals surface area (Å²) in [5, 5.41) is 9.28. The summed E-state index contributed by atoms with van der Waals surface area (Å²) in [6.45, 7) is 11.8. The molecule has 1 amide bonds. The Hall–Kier alpha value is -0.593. The van der Waals surface area contributed by atoms with Gasteiger partial charge in [0.15, 0.2) is 8.32 Å². The molecule has 2 unspecified atom stereocenters. The van der Waals surface area contributed by atoms with Crippen molar-refractivity contribution in [3.63, 3.8) is 0 Å². The molecule has 1 N–H and O–H groups in total. The molecule has 0 spiro atoms. The number of ether oxygens (including phenoxy) is 1. The highest BCUT2D eigenvalue weighted by Gasteiger charge is 2.41. The van der Waals surface area contributed by atoms with E-state index < -0.39 is 14.4 Å². The molecular formula is C13H27NO4Si. The molecule has 1 saturated heterocycles. The highest BCUT2D eigenvalue weighted by atomic mass is 28.4. The van der Waals surface area contributed by atoms with Gasteiger partial charge in [-0.3, -0.25) is 0 Å². The van der Waals surface area contributed by atoms with Crippen LogP contribution in [0.25, 0.3) is 0 Å². The second-order valence-electron chi connectivity index (χ2n) is 6.78. The first-order chi connectivity index (χ1) is 8.56. The van der Waals surface area contributed by atoms with Gasteiger partial charge < -0.3 is 19.2 Å². The molecule has 0 bridgehead atoms. The van der Waals surface area contributed by atoms with Gasteiger partial charge in [-0.1, -0.05) is 20.8 Å². The quantitative estimate of drug-likeness (QED) is 0.812. The highest BCUT2D eigenvalue weighted by Crippen LogP contribution is 2.38. The molecule has 0 aliphatic carbocycles. The van der Waals surface area contributed by atoms with Crippen LogP contribution in [0.4, 0.5) is 4.79 Å². The first-order valence-corrected chi connectivity index (χ1v) is 9.66. The van der Waals surface area contributed by atoms with Crippen LogP contribution in [0, 0.1) is 0 Å². The maximum atomic E-state index is 11.2. The van der Waals surface area contributed by atoms with E-state index in [2.05, 4.69) is 33.9 Å². The number of hydrogen-bond donors (Lipinski definition) is 1. The number of likely N-dealkylation sites (tertiary alicyclic amines) is 1. The summed E-state index contributed by atoms with van der Waals surface area (Å²) >= 11 is 0. The maximum Gasteiger partial charge on any atom is 0.407 e. The first-order valence-electron chi connectivity index (χ1n) is 6.75. The average molecular weight is 289 g/mol. The summed E-state index contributed by atoms with van der Waals surface area (Å²) in [4.78, 5) is 12.5. The van der Waals surface area contributed by atoms with Crippen molar-refractivity contribution >= 4 is 14.4 Å². The fraction of sp³-hybridized carbons (Fsp3) is 0.923. The van der Waals surface area contributed by atoms with Gasteiger partial charge in [-0.25, -0.2) is 4.79 Å². The third-order valence-corrected chi connectivity index (χ3v) is 8.78. The van der Waals surface area contributed by atoms with Crippen LogP contribution in [0.15, 0.2) is 0 Å². The summed E-state index contributed by atoms with van der Waals surface area (Å²) in [7, 11) is -0.250. The van der Waals surface area contributed by atoms with Gasteiger partial charge in [0.1, 0.15) is 0 Å². The van der Waals surface area contributed by atoms with Crippen LogP contribution < -0.4 is 0 Å². The Bertz CT molecular complexity index is 327. The molecule has 19 heavy (non-hydrogen) atoms. The van der Waals surface area contributed by atoms with E-state index >= 15 is 0 Å². The van der Waals surface area contributed by atoms with Crippen molar-refractivity contribution in [2.45, 2.75) is 57.5 Å². The molecule has 112 valence electrons. The van der Waals surface area contributed by atoms with Crippen LogP contribution in [0.5, 0.6) is 0 Å². The lowest BCUT2D eigenvalue weighted by atomic mass is 10.1. The minimum atomic E-state index is -1.87. The van der Waals surface area contributed by atoms with E-state index in [9.17, 15) is 4.79 Å². The Morgan fingerprint density at radius 3 is 2.21 bits per heavy atom. The minimum absolute atomic E-state index is 0.0595. The maximum absolute atomic E-state index is 11.2. The number of hydrogen-bond acceptors (Lipinski definition) is 3. The van der Waals surface area contributed by atoms with E-state index in [0.29, 0.717) is 13.1 Å². The number of methoxy groups -OCH3 is 1. The lowest BCUT2D eigenvalue weighted by Crippen LogP contribution is -2.53. The monoisotopic (exact) mass is 289 g/mol. The smallest absolute Gasteiger partial charge is 0.407 e. The Morgan fingerprint density at radius 1 is 1.26 bits per heavy atom. The molecule has 1 heterocycles. The van der Waals surface area contributed by atoms with Crippen LogP contribution in [-0.4, -0.2) is 56.8 Å². The second-order valence-corrected chi connectivity index (χ2v) is 11.5. The number of amides is 1. The zero-order valence-corrected chi connectivity index (χ0v) is 13.9. The Kier molecular flexibility index (Phi) is 5.03. The zero-order valence-electron chi connectivity index (χ0n) is 12.9. The predicted octanol–water partition coefficient (Wildman–Crippen LogP) is 2.78. The Balaban J connectivity index is 2.74. The van der Waals surface area contributed by atoms with E-state index in [0.717, 1.165) is 6.42 Å². The molecule has 1 fully saturated rings.